The first-order valence-electron chi connectivity index (χ1n) is 7.87. The summed E-state index contributed by atoms with van der Waals surface area (Å²) >= 11 is 0. The van der Waals surface area contributed by atoms with Gasteiger partial charge in [-0.25, -0.2) is 4.79 Å². The molecule has 0 saturated carbocycles. The fourth-order valence-electron chi connectivity index (χ4n) is 1.90. The van der Waals surface area contributed by atoms with E-state index >= 15 is 0 Å². The van der Waals surface area contributed by atoms with Crippen molar-refractivity contribution < 1.29 is 28.6 Å². The zero-order chi connectivity index (χ0) is 18.0. The lowest BCUT2D eigenvalue weighted by Crippen LogP contribution is -2.28. The minimum atomic E-state index is -0.469. The van der Waals surface area contributed by atoms with Crippen LogP contribution in [0.15, 0.2) is 30.3 Å². The molecule has 6 nitrogen and oxygen atoms in total. The average molecular weight is 336 g/mol. The normalized spacial score (nSPS) is 12.8. The van der Waals surface area contributed by atoms with Gasteiger partial charge in [0, 0.05) is 12.3 Å². The van der Waals surface area contributed by atoms with Crippen molar-refractivity contribution in [3.05, 3.63) is 35.9 Å². The van der Waals surface area contributed by atoms with Crippen LogP contribution in [0.25, 0.3) is 0 Å². The molecule has 24 heavy (non-hydrogen) atoms. The summed E-state index contributed by atoms with van der Waals surface area (Å²) in [6.07, 6.45) is 0.793. The summed E-state index contributed by atoms with van der Waals surface area (Å²) in [6.45, 7) is 5.24. The summed E-state index contributed by atoms with van der Waals surface area (Å²) in [6, 6.07) is 8.59. The second kappa shape index (κ2) is 9.70. The Morgan fingerprint density at radius 3 is 2.21 bits per heavy atom. The monoisotopic (exact) mass is 336 g/mol. The van der Waals surface area contributed by atoms with Gasteiger partial charge in [-0.15, -0.1) is 0 Å². The first kappa shape index (κ1) is 19.7. The Morgan fingerprint density at radius 1 is 1.00 bits per heavy atom. The summed E-state index contributed by atoms with van der Waals surface area (Å²) < 4.78 is 15.1. The molecule has 0 aliphatic rings. The van der Waals surface area contributed by atoms with Crippen LogP contribution in [0.3, 0.4) is 0 Å². The van der Waals surface area contributed by atoms with E-state index in [0.717, 1.165) is 0 Å². The molecular weight excluding hydrogens is 312 g/mol. The molecule has 0 heterocycles. The molecule has 1 rings (SSSR count). The van der Waals surface area contributed by atoms with Gasteiger partial charge in [0.25, 0.3) is 0 Å². The molecular formula is C18H24O6. The van der Waals surface area contributed by atoms with Gasteiger partial charge < -0.3 is 14.2 Å². The van der Waals surface area contributed by atoms with Gasteiger partial charge >= 0.3 is 17.9 Å². The SMILES string of the molecule is CCC(C)(COC(C)=O)CC(=O)OCCOC(=O)c1ccccc1. The standard InChI is InChI=1S/C18H24O6/c1-4-18(3,13-24-14(2)19)12-16(20)22-10-11-23-17(21)15-8-6-5-7-9-15/h5-9H,4,10-13H2,1-3H3. The molecule has 0 fully saturated rings. The summed E-state index contributed by atoms with van der Waals surface area (Å²) in [5, 5.41) is 0. The third-order valence-electron chi connectivity index (χ3n) is 3.64. The van der Waals surface area contributed by atoms with E-state index in [4.69, 9.17) is 14.2 Å². The number of hydrogen-bond acceptors (Lipinski definition) is 6. The smallest absolute Gasteiger partial charge is 0.338 e. The molecule has 0 aliphatic carbocycles. The highest BCUT2D eigenvalue weighted by Gasteiger charge is 2.28. The molecule has 0 spiro atoms. The van der Waals surface area contributed by atoms with Crippen LogP contribution in [0.1, 0.15) is 44.0 Å². The highest BCUT2D eigenvalue weighted by molar-refractivity contribution is 5.89. The number of carbonyl (C=O) groups is 3. The fraction of sp³-hybridized carbons (Fsp3) is 0.500. The highest BCUT2D eigenvalue weighted by Crippen LogP contribution is 2.26. The van der Waals surface area contributed by atoms with Gasteiger partial charge in [0.15, 0.2) is 0 Å². The first-order valence-corrected chi connectivity index (χ1v) is 7.87. The van der Waals surface area contributed by atoms with Crippen molar-refractivity contribution in [1.82, 2.24) is 0 Å². The number of ether oxygens (including phenoxy) is 3. The average Bonchev–Trinajstić information content (AvgIpc) is 2.57. The third kappa shape index (κ3) is 7.26. The lowest BCUT2D eigenvalue weighted by molar-refractivity contribution is -0.153. The fourth-order valence-corrected chi connectivity index (χ4v) is 1.90. The summed E-state index contributed by atoms with van der Waals surface area (Å²) in [4.78, 5) is 34.5. The molecule has 1 atom stereocenters. The van der Waals surface area contributed by atoms with E-state index < -0.39 is 17.4 Å². The molecule has 6 heteroatoms. The molecule has 0 bridgehead atoms. The minimum Gasteiger partial charge on any atom is -0.465 e. The molecule has 0 N–H and O–H groups in total. The summed E-state index contributed by atoms with van der Waals surface area (Å²) in [5.74, 6) is -1.25. The molecule has 1 unspecified atom stereocenters. The van der Waals surface area contributed by atoms with Crippen LogP contribution in [0, 0.1) is 5.41 Å². The summed E-state index contributed by atoms with van der Waals surface area (Å²) in [5.41, 5.74) is -0.0208. The largest absolute Gasteiger partial charge is 0.465 e. The predicted octanol–water partition coefficient (Wildman–Crippen LogP) is 2.76. The van der Waals surface area contributed by atoms with E-state index in [1.165, 1.54) is 6.92 Å². The zero-order valence-electron chi connectivity index (χ0n) is 14.4. The lowest BCUT2D eigenvalue weighted by Gasteiger charge is -2.26. The quantitative estimate of drug-likeness (QED) is 0.392. The highest BCUT2D eigenvalue weighted by atomic mass is 16.6. The van der Waals surface area contributed by atoms with Gasteiger partial charge in [-0.1, -0.05) is 32.0 Å². The van der Waals surface area contributed by atoms with Gasteiger partial charge in [0.2, 0.25) is 0 Å². The number of esters is 3. The van der Waals surface area contributed by atoms with Gasteiger partial charge in [0.05, 0.1) is 18.6 Å². The molecule has 1 aromatic carbocycles. The van der Waals surface area contributed by atoms with Crippen molar-refractivity contribution in [2.45, 2.75) is 33.6 Å². The van der Waals surface area contributed by atoms with Gasteiger partial charge in [-0.05, 0) is 18.6 Å². The molecule has 0 aliphatic heterocycles. The van der Waals surface area contributed by atoms with E-state index in [9.17, 15) is 14.4 Å². The molecule has 0 saturated heterocycles. The van der Waals surface area contributed by atoms with Crippen molar-refractivity contribution in [3.8, 4) is 0 Å². The van der Waals surface area contributed by atoms with Crippen molar-refractivity contribution >= 4 is 17.9 Å². The Balaban J connectivity index is 2.30. The second-order valence-electron chi connectivity index (χ2n) is 5.84. The molecule has 1 aromatic rings. The Labute approximate surface area is 142 Å². The maximum Gasteiger partial charge on any atom is 0.338 e. The maximum absolute atomic E-state index is 11.9. The van der Waals surface area contributed by atoms with Crippen LogP contribution >= 0.6 is 0 Å². The molecule has 0 radical (unpaired) electrons. The van der Waals surface area contributed by atoms with Crippen LogP contribution in [-0.2, 0) is 23.8 Å². The van der Waals surface area contributed by atoms with Crippen LogP contribution in [0.5, 0.6) is 0 Å². The Hall–Kier alpha value is -2.37. The van der Waals surface area contributed by atoms with Crippen LogP contribution in [0.4, 0.5) is 0 Å². The van der Waals surface area contributed by atoms with E-state index in [0.29, 0.717) is 12.0 Å². The van der Waals surface area contributed by atoms with Crippen molar-refractivity contribution in [1.29, 1.82) is 0 Å². The summed E-state index contributed by atoms with van der Waals surface area (Å²) in [7, 11) is 0. The van der Waals surface area contributed by atoms with Crippen LogP contribution in [-0.4, -0.2) is 37.7 Å². The van der Waals surface area contributed by atoms with Gasteiger partial charge in [-0.3, -0.25) is 9.59 Å². The van der Waals surface area contributed by atoms with Crippen LogP contribution in [0.2, 0.25) is 0 Å². The Kier molecular flexibility index (Phi) is 7.95. The number of hydrogen-bond donors (Lipinski definition) is 0. The maximum atomic E-state index is 11.9. The number of benzene rings is 1. The lowest BCUT2D eigenvalue weighted by atomic mass is 9.85. The zero-order valence-corrected chi connectivity index (χ0v) is 14.4. The van der Waals surface area contributed by atoms with E-state index in [2.05, 4.69) is 0 Å². The molecule has 132 valence electrons. The van der Waals surface area contributed by atoms with Crippen molar-refractivity contribution in [2.75, 3.05) is 19.8 Å². The number of carbonyl (C=O) groups excluding carboxylic acids is 3. The van der Waals surface area contributed by atoms with Gasteiger partial charge in [-0.2, -0.15) is 0 Å². The molecule has 0 amide bonds. The van der Waals surface area contributed by atoms with Crippen molar-refractivity contribution in [3.63, 3.8) is 0 Å². The third-order valence-corrected chi connectivity index (χ3v) is 3.64. The topological polar surface area (TPSA) is 78.9 Å². The van der Waals surface area contributed by atoms with E-state index in [1.54, 1.807) is 30.3 Å². The predicted molar refractivity (Wildman–Crippen MR) is 87.3 cm³/mol. The van der Waals surface area contributed by atoms with Crippen LogP contribution < -0.4 is 0 Å². The number of rotatable bonds is 9. The second-order valence-corrected chi connectivity index (χ2v) is 5.84. The first-order chi connectivity index (χ1) is 11.4. The van der Waals surface area contributed by atoms with Crippen molar-refractivity contribution in [2.24, 2.45) is 5.41 Å². The van der Waals surface area contributed by atoms with E-state index in [1.807, 2.05) is 13.8 Å². The Morgan fingerprint density at radius 2 is 1.62 bits per heavy atom. The van der Waals surface area contributed by atoms with E-state index in [-0.39, 0.29) is 32.2 Å². The van der Waals surface area contributed by atoms with Gasteiger partial charge in [0.1, 0.15) is 13.2 Å². The minimum absolute atomic E-state index is 0.00769. The Bertz CT molecular complexity index is 554. The molecule has 0 aromatic heterocycles.